The van der Waals surface area contributed by atoms with Crippen molar-refractivity contribution in [2.24, 2.45) is 23.7 Å². The summed E-state index contributed by atoms with van der Waals surface area (Å²) in [5.41, 5.74) is 2.16. The third kappa shape index (κ3) is 4.57. The number of nitrogens with zero attached hydrogens (tertiary/aromatic N) is 2. The highest BCUT2D eigenvalue weighted by Crippen LogP contribution is 2.57. The van der Waals surface area contributed by atoms with E-state index < -0.39 is 5.54 Å². The van der Waals surface area contributed by atoms with Crippen molar-refractivity contribution >= 4 is 11.8 Å². The number of nitrogens with one attached hydrogen (secondary N) is 1. The van der Waals surface area contributed by atoms with Crippen LogP contribution in [0.15, 0.2) is 91.0 Å². The van der Waals surface area contributed by atoms with Crippen LogP contribution in [0, 0.1) is 23.7 Å². The molecule has 5 unspecified atom stereocenters. The predicted molar refractivity (Wildman–Crippen MR) is 154 cm³/mol. The molecule has 4 aliphatic rings. The van der Waals surface area contributed by atoms with E-state index in [1.165, 1.54) is 5.56 Å². The molecule has 0 radical (unpaired) electrons. The van der Waals surface area contributed by atoms with Crippen LogP contribution < -0.4 is 5.32 Å². The fourth-order valence-corrected chi connectivity index (χ4v) is 7.85. The Balaban J connectivity index is 1.43. The van der Waals surface area contributed by atoms with Crippen molar-refractivity contribution in [3.63, 3.8) is 0 Å². The summed E-state index contributed by atoms with van der Waals surface area (Å²) in [7, 11) is 0. The fraction of sp³-hybridized carbons (Fsp3) is 0.412. The van der Waals surface area contributed by atoms with Crippen molar-refractivity contribution in [3.8, 4) is 0 Å². The van der Waals surface area contributed by atoms with Crippen molar-refractivity contribution in [3.05, 3.63) is 108 Å². The molecule has 7 rings (SSSR count). The smallest absolute Gasteiger partial charge is 0.254 e. The molecule has 4 bridgehead atoms. The Morgan fingerprint density at radius 1 is 0.872 bits per heavy atom. The highest BCUT2D eigenvalue weighted by molar-refractivity contribution is 6.00. The summed E-state index contributed by atoms with van der Waals surface area (Å²) in [4.78, 5) is 33.4. The molecule has 3 aromatic carbocycles. The van der Waals surface area contributed by atoms with Gasteiger partial charge in [0.2, 0.25) is 5.91 Å². The Morgan fingerprint density at radius 2 is 1.49 bits per heavy atom. The minimum Gasteiger partial charge on any atom is -0.350 e. The van der Waals surface area contributed by atoms with Crippen molar-refractivity contribution in [1.29, 1.82) is 0 Å². The van der Waals surface area contributed by atoms with Gasteiger partial charge in [0.15, 0.2) is 0 Å². The molecule has 3 heterocycles. The van der Waals surface area contributed by atoms with Crippen LogP contribution in [0.3, 0.4) is 0 Å². The minimum absolute atomic E-state index is 0.00750. The van der Waals surface area contributed by atoms with Gasteiger partial charge in [0, 0.05) is 43.7 Å². The lowest BCUT2D eigenvalue weighted by molar-refractivity contribution is -0.153. The highest BCUT2D eigenvalue weighted by atomic mass is 16.2. The molecular weight excluding hydrogens is 482 g/mol. The van der Waals surface area contributed by atoms with Crippen LogP contribution in [0.25, 0.3) is 0 Å². The molecule has 0 aromatic heterocycles. The van der Waals surface area contributed by atoms with E-state index in [1.54, 1.807) is 0 Å². The summed E-state index contributed by atoms with van der Waals surface area (Å²) < 4.78 is 0. The molecule has 3 aliphatic heterocycles. The molecule has 1 N–H and O–H groups in total. The highest BCUT2D eigenvalue weighted by Gasteiger charge is 2.71. The molecule has 5 heteroatoms. The summed E-state index contributed by atoms with van der Waals surface area (Å²) in [5, 5.41) is 3.32. The standard InChI is InChI=1S/C34H39N3O2/c1-24(2)21-36-23-29-19-28-22-37(32(38)27-16-10-5-11-17-27)34(29,33(39)35-20-26-14-8-4-9-15-26)31(36)30(28)18-25-12-6-3-7-13-25/h3-17,24,28-31H,18-23H2,1-2H3,(H,35,39). The number of amides is 2. The number of likely N-dealkylation sites (tertiary alicyclic amines) is 1. The van der Waals surface area contributed by atoms with E-state index in [9.17, 15) is 9.59 Å². The number of carbonyl (C=O) groups excluding carboxylic acids is 2. The van der Waals surface area contributed by atoms with Crippen molar-refractivity contribution in [2.45, 2.75) is 44.8 Å². The third-order valence-corrected chi connectivity index (χ3v) is 9.22. The second kappa shape index (κ2) is 10.6. The second-order valence-electron chi connectivity index (χ2n) is 12.1. The number of hydrogen-bond donors (Lipinski definition) is 1. The average molecular weight is 522 g/mol. The Hall–Kier alpha value is -3.44. The zero-order valence-corrected chi connectivity index (χ0v) is 23.0. The van der Waals surface area contributed by atoms with Gasteiger partial charge in [-0.05, 0) is 53.9 Å². The van der Waals surface area contributed by atoms with E-state index in [0.29, 0.717) is 36.4 Å². The van der Waals surface area contributed by atoms with Gasteiger partial charge in [-0.25, -0.2) is 0 Å². The Kier molecular flexibility index (Phi) is 7.03. The number of rotatable bonds is 8. The summed E-state index contributed by atoms with van der Waals surface area (Å²) in [6.45, 7) is 7.39. The molecule has 1 saturated carbocycles. The van der Waals surface area contributed by atoms with Crippen LogP contribution in [-0.2, 0) is 17.8 Å². The monoisotopic (exact) mass is 521 g/mol. The summed E-state index contributed by atoms with van der Waals surface area (Å²) in [6, 6.07) is 30.3. The second-order valence-corrected chi connectivity index (χ2v) is 12.1. The normalized spacial score (nSPS) is 27.6. The molecular formula is C34H39N3O2. The quantitative estimate of drug-likeness (QED) is 0.452. The van der Waals surface area contributed by atoms with E-state index in [0.717, 1.165) is 31.5 Å². The maximum Gasteiger partial charge on any atom is 0.254 e. The number of carbonyl (C=O) groups is 2. The first-order valence-electron chi connectivity index (χ1n) is 14.5. The van der Waals surface area contributed by atoms with Gasteiger partial charge in [0.1, 0.15) is 5.54 Å². The average Bonchev–Trinajstić information content (AvgIpc) is 3.22. The van der Waals surface area contributed by atoms with E-state index in [2.05, 4.69) is 54.4 Å². The lowest BCUT2D eigenvalue weighted by Crippen LogP contribution is -2.78. The summed E-state index contributed by atoms with van der Waals surface area (Å²) in [6.07, 6.45) is 1.92. The number of hydrogen-bond acceptors (Lipinski definition) is 3. The largest absolute Gasteiger partial charge is 0.350 e. The number of piperidine rings is 2. The Morgan fingerprint density at radius 3 is 2.13 bits per heavy atom. The van der Waals surface area contributed by atoms with Gasteiger partial charge in [-0.1, -0.05) is 92.7 Å². The molecule has 39 heavy (non-hydrogen) atoms. The first-order chi connectivity index (χ1) is 19.0. The Labute approximate surface area is 232 Å². The first-order valence-corrected chi connectivity index (χ1v) is 14.5. The van der Waals surface area contributed by atoms with Crippen LogP contribution in [0.5, 0.6) is 0 Å². The summed E-state index contributed by atoms with van der Waals surface area (Å²) >= 11 is 0. The first kappa shape index (κ1) is 25.8. The van der Waals surface area contributed by atoms with E-state index in [1.807, 2.05) is 65.6 Å². The molecule has 5 atom stereocenters. The van der Waals surface area contributed by atoms with Gasteiger partial charge in [-0.2, -0.15) is 0 Å². The van der Waals surface area contributed by atoms with Crippen molar-refractivity contribution in [2.75, 3.05) is 19.6 Å². The van der Waals surface area contributed by atoms with Gasteiger partial charge >= 0.3 is 0 Å². The number of benzene rings is 3. The van der Waals surface area contributed by atoms with Crippen LogP contribution in [0.1, 0.15) is 41.8 Å². The van der Waals surface area contributed by atoms with Crippen molar-refractivity contribution in [1.82, 2.24) is 15.1 Å². The third-order valence-electron chi connectivity index (χ3n) is 9.22. The predicted octanol–water partition coefficient (Wildman–Crippen LogP) is 5.03. The zero-order valence-electron chi connectivity index (χ0n) is 23.0. The molecule has 5 nitrogen and oxygen atoms in total. The van der Waals surface area contributed by atoms with Crippen LogP contribution >= 0.6 is 0 Å². The molecule has 1 aliphatic carbocycles. The summed E-state index contributed by atoms with van der Waals surface area (Å²) in [5.74, 6) is 1.27. The molecule has 2 amide bonds. The van der Waals surface area contributed by atoms with E-state index >= 15 is 0 Å². The van der Waals surface area contributed by atoms with Gasteiger partial charge < -0.3 is 10.2 Å². The topological polar surface area (TPSA) is 52.7 Å². The lowest BCUT2D eigenvalue weighted by atomic mass is 9.57. The minimum atomic E-state index is -0.884. The van der Waals surface area contributed by atoms with Gasteiger partial charge in [-0.3, -0.25) is 14.5 Å². The fourth-order valence-electron chi connectivity index (χ4n) is 7.85. The van der Waals surface area contributed by atoms with Gasteiger partial charge in [0.05, 0.1) is 0 Å². The van der Waals surface area contributed by atoms with Crippen LogP contribution in [-0.4, -0.2) is 52.8 Å². The van der Waals surface area contributed by atoms with Crippen LogP contribution in [0.2, 0.25) is 0 Å². The maximum atomic E-state index is 14.7. The molecule has 0 spiro atoms. The van der Waals surface area contributed by atoms with E-state index in [4.69, 9.17) is 0 Å². The zero-order chi connectivity index (χ0) is 27.0. The van der Waals surface area contributed by atoms with Gasteiger partial charge in [-0.15, -0.1) is 0 Å². The Bertz CT molecular complexity index is 1300. The molecule has 202 valence electrons. The number of fused-ring (bicyclic) bond motifs is 1. The SMILES string of the molecule is CC(C)CN1CC2CC3CN(C(=O)c4ccccc4)C2(C(=O)NCc2ccccc2)C1C3Cc1ccccc1. The molecule has 3 saturated heterocycles. The molecule has 4 fully saturated rings. The lowest BCUT2D eigenvalue weighted by Gasteiger charge is -2.61. The van der Waals surface area contributed by atoms with Gasteiger partial charge in [0.25, 0.3) is 5.91 Å². The van der Waals surface area contributed by atoms with Crippen molar-refractivity contribution < 1.29 is 9.59 Å². The maximum absolute atomic E-state index is 14.7. The molecule has 3 aromatic rings. The van der Waals surface area contributed by atoms with E-state index in [-0.39, 0.29) is 23.8 Å². The van der Waals surface area contributed by atoms with Crippen LogP contribution in [0.4, 0.5) is 0 Å².